The van der Waals surface area contributed by atoms with E-state index < -0.39 is 63.6 Å². The third-order valence-corrected chi connectivity index (χ3v) is 16.6. The third kappa shape index (κ3) is 14.4. The summed E-state index contributed by atoms with van der Waals surface area (Å²) in [6.07, 6.45) is 1.90. The largest absolute Gasteiger partial charge is 0.498 e. The number of imidazole rings is 6. The van der Waals surface area contributed by atoms with Gasteiger partial charge in [-0.15, -0.1) is 0 Å². The fourth-order valence-electron chi connectivity index (χ4n) is 10.4. The topological polar surface area (TPSA) is 176 Å². The molecule has 29 heteroatoms. The van der Waals surface area contributed by atoms with Crippen LogP contribution in [0.4, 0.5) is 51.1 Å². The summed E-state index contributed by atoms with van der Waals surface area (Å²) in [4.78, 5) is 44.2. The highest BCUT2D eigenvalue weighted by atomic mass is 79.9. The molecule has 95 heavy (non-hydrogen) atoms. The van der Waals surface area contributed by atoms with Crippen molar-refractivity contribution in [2.24, 2.45) is 5.73 Å². The van der Waals surface area contributed by atoms with E-state index in [0.717, 1.165) is 11.1 Å². The van der Waals surface area contributed by atoms with E-state index in [2.05, 4.69) is 55.5 Å². The van der Waals surface area contributed by atoms with Crippen molar-refractivity contribution >= 4 is 63.0 Å². The van der Waals surface area contributed by atoms with Gasteiger partial charge >= 0.3 is 7.12 Å². The molecule has 9 aromatic heterocycles. The monoisotopic (exact) mass is 1370 g/mol. The summed E-state index contributed by atoms with van der Waals surface area (Å²) in [6, 6.07) is 27.8. The average molecular weight is 1370 g/mol. The number of carbonyl (C=O) groups is 1. The Labute approximate surface area is 546 Å². The minimum Gasteiger partial charge on any atom is -0.399 e. The van der Waals surface area contributed by atoms with Gasteiger partial charge in [-0.2, -0.15) is 0 Å². The predicted molar refractivity (Wildman–Crippen MR) is 343 cm³/mol. The van der Waals surface area contributed by atoms with Crippen LogP contribution < -0.4 is 11.2 Å². The molecule has 12 aromatic rings. The van der Waals surface area contributed by atoms with Crippen molar-refractivity contribution in [3.63, 3.8) is 0 Å². The normalized spacial score (nSPS) is 13.2. The van der Waals surface area contributed by atoms with Crippen molar-refractivity contribution in [3.05, 3.63) is 214 Å². The van der Waals surface area contributed by atoms with E-state index in [-0.39, 0.29) is 22.7 Å². The molecule has 1 amide bonds. The smallest absolute Gasteiger partial charge is 0.399 e. The van der Waals surface area contributed by atoms with Crippen LogP contribution >= 0.6 is 15.9 Å². The van der Waals surface area contributed by atoms with Crippen LogP contribution in [0, 0.1) is 51.4 Å². The Kier molecular flexibility index (Phi) is 19.7. The van der Waals surface area contributed by atoms with Crippen molar-refractivity contribution in [1.29, 1.82) is 0 Å². The number of alkyl halides is 6. The minimum absolute atomic E-state index is 0.168. The van der Waals surface area contributed by atoms with Crippen LogP contribution in [0.2, 0.25) is 0 Å². The molecule has 13 rings (SSSR count). The molecule has 1 saturated heterocycles. The minimum atomic E-state index is -2.60. The number of amides is 1. The van der Waals surface area contributed by atoms with Crippen molar-refractivity contribution in [2.75, 3.05) is 0 Å². The second-order valence-electron chi connectivity index (χ2n) is 22.6. The first kappa shape index (κ1) is 67.5. The van der Waals surface area contributed by atoms with Gasteiger partial charge in [0, 0.05) is 51.6 Å². The molecule has 0 aliphatic carbocycles. The lowest BCUT2D eigenvalue weighted by Crippen LogP contribution is -2.41. The molecule has 1 aliphatic rings. The maximum atomic E-state index is 13.4. The molecule has 18 nitrogen and oxygen atoms in total. The first-order valence-corrected chi connectivity index (χ1v) is 29.8. The van der Waals surface area contributed by atoms with Gasteiger partial charge < -0.3 is 38.4 Å². The van der Waals surface area contributed by atoms with Gasteiger partial charge in [0.2, 0.25) is 11.3 Å². The summed E-state index contributed by atoms with van der Waals surface area (Å²) in [6.45, 7) is 25.9. The third-order valence-electron chi connectivity index (χ3n) is 15.8. The van der Waals surface area contributed by atoms with E-state index in [4.69, 9.17) is 28.2 Å². The van der Waals surface area contributed by atoms with Gasteiger partial charge in [-0.3, -0.25) is 9.20 Å². The summed E-state index contributed by atoms with van der Waals surface area (Å²) in [5, 5.41) is 0. The fourth-order valence-corrected chi connectivity index (χ4v) is 11.1. The number of carbonyl (C=O) groups excluding carboxylic acids is 1. The molecule has 0 spiro atoms. The quantitative estimate of drug-likeness (QED) is 0.0669. The predicted octanol–water partition coefficient (Wildman–Crippen LogP) is 15.0. The molecule has 0 atom stereocenters. The number of benzene rings is 3. The average Bonchev–Trinajstić information content (AvgIpc) is 1.64. The number of aromatic nitrogens is 12. The highest BCUT2D eigenvalue weighted by Gasteiger charge is 2.52. The molecule has 1 fully saturated rings. The Morgan fingerprint density at radius 3 is 1.28 bits per heavy atom. The number of primary amides is 1. The Balaban J connectivity index is 0.000000141. The first-order valence-electron chi connectivity index (χ1n) is 29.0. The van der Waals surface area contributed by atoms with E-state index in [1.165, 1.54) is 79.0 Å². The van der Waals surface area contributed by atoms with E-state index in [9.17, 15) is 44.3 Å². The number of aryl methyl sites for hydroxylation is 3. The van der Waals surface area contributed by atoms with Crippen LogP contribution in [0.3, 0.4) is 0 Å². The summed E-state index contributed by atoms with van der Waals surface area (Å²) in [5.74, 6) is 0.285. The van der Waals surface area contributed by atoms with E-state index in [1.807, 2.05) is 46.0 Å². The van der Waals surface area contributed by atoms with Gasteiger partial charge in [-0.1, -0.05) is 19.2 Å². The molecule has 0 bridgehead atoms. The number of hydrogen-bond donors (Lipinski definition) is 1. The molecule has 0 radical (unpaired) electrons. The van der Waals surface area contributed by atoms with Gasteiger partial charge in [0.25, 0.3) is 36.8 Å². The lowest BCUT2D eigenvalue weighted by atomic mass is 9.80. The van der Waals surface area contributed by atoms with E-state index >= 15 is 0 Å². The Morgan fingerprint density at radius 2 is 0.863 bits per heavy atom. The molecule has 0 saturated carbocycles. The van der Waals surface area contributed by atoms with E-state index in [1.54, 1.807) is 96.7 Å². The van der Waals surface area contributed by atoms with Crippen LogP contribution in [0.1, 0.15) is 55.7 Å². The van der Waals surface area contributed by atoms with Crippen LogP contribution in [-0.2, 0) is 28.9 Å². The van der Waals surface area contributed by atoms with Crippen LogP contribution in [-0.4, -0.2) is 100 Å². The van der Waals surface area contributed by atoms with Gasteiger partial charge in [-0.05, 0) is 155 Å². The zero-order valence-electron chi connectivity index (χ0n) is 51.6. The molecular weight excluding hydrogens is 1310 g/mol. The second kappa shape index (κ2) is 27.7. The Morgan fingerprint density at radius 1 is 0.516 bits per heavy atom. The second-order valence-corrected chi connectivity index (χ2v) is 23.3. The van der Waals surface area contributed by atoms with E-state index in [0.29, 0.717) is 101 Å². The van der Waals surface area contributed by atoms with Crippen LogP contribution in [0.5, 0.6) is 0 Å². The summed E-state index contributed by atoms with van der Waals surface area (Å²) in [7, 11) is -0.426. The Bertz CT molecular complexity index is 4860. The number of hydrogen-bond acceptors (Lipinski definition) is 9. The number of halogens is 10. The molecule has 2 N–H and O–H groups in total. The van der Waals surface area contributed by atoms with Gasteiger partial charge in [0.1, 0.15) is 56.6 Å². The lowest BCUT2D eigenvalue weighted by Gasteiger charge is -2.32. The lowest BCUT2D eigenvalue weighted by molar-refractivity contribution is 0.00578. The highest BCUT2D eigenvalue weighted by Crippen LogP contribution is 2.39. The Hall–Kier alpha value is -10.4. The van der Waals surface area contributed by atoms with Crippen molar-refractivity contribution in [1.82, 2.24) is 56.8 Å². The van der Waals surface area contributed by atoms with Crippen LogP contribution in [0.25, 0.3) is 82.9 Å². The summed E-state index contributed by atoms with van der Waals surface area (Å²) in [5.41, 5.74) is 12.9. The summed E-state index contributed by atoms with van der Waals surface area (Å²) < 4.78 is 139. The number of fused-ring (bicyclic) bond motifs is 3. The molecule has 486 valence electrons. The zero-order chi connectivity index (χ0) is 68.4. The number of rotatable bonds is 13. The number of nitrogens with two attached hydrogens (primary N) is 1. The molecule has 10 heterocycles. The van der Waals surface area contributed by atoms with Gasteiger partial charge in [-0.25, -0.2) is 78.2 Å². The van der Waals surface area contributed by atoms with Crippen molar-refractivity contribution in [3.8, 4) is 56.3 Å². The number of pyridine rings is 3. The van der Waals surface area contributed by atoms with Gasteiger partial charge in [0.15, 0.2) is 0 Å². The maximum absolute atomic E-state index is 13.4. The zero-order valence-corrected chi connectivity index (χ0v) is 53.2. The fraction of sp³-hybridized carbons (Fsp3) is 0.227. The standard InChI is InChI=1S/C20H16F3N5O.C20H14F3N5.C14H16BN3O2.C12H10BrF3N2/c1-11-26-18(12-2-5-14(21)6-3-12)19(27(11)10-16(22)23)13-4-7-17-25-8-15(20(24)29)28(17)9-13;1-12-26-19(13-3-6-15(21)7-4-13)20(27(12)11-16(22)23)14-5-8-17-25-9-18(24-2)28(17)10-14;1-13(2)14(3,4)20-15(19-13)10-6-7-11-17-8-12(16-5)18(11)9-10;1-7-17-11(8-2-4-9(14)5-3-8)12(13)18(7)6-10(15)16/h2-9,16H,10H2,1H3,(H2,24,29);3-10,16H,11H2,1H3;6-9H,1-4H3;2-5,10H,6H2,1H3. The molecular formula is C66H56BBrF9N15O3. The molecule has 3 aromatic carbocycles. The SMILES string of the molecule is Cc1nc(-c2ccc(F)cc2)c(-c2ccc3ncc(C(N)=O)n3c2)n1CC(F)F.Cc1nc(-c2ccc(F)cc2)c(Br)n1CC(F)F.[C-]#[N+]c1cnc2ccc(-c3c(-c4ccc(F)cc4)nc(C)n3CC(F)F)cn12.[C-]#[N+]c1cnc2ccc(B3OC(C)(C)C(C)(C)O3)cn12. The first-order chi connectivity index (χ1) is 45.1. The molecule has 0 unspecified atom stereocenters. The summed E-state index contributed by atoms with van der Waals surface area (Å²) >= 11 is 3.26. The van der Waals surface area contributed by atoms with Crippen molar-refractivity contribution in [2.45, 2.75) is 98.6 Å². The highest BCUT2D eigenvalue weighted by molar-refractivity contribution is 9.10. The van der Waals surface area contributed by atoms with Crippen molar-refractivity contribution < 1.29 is 53.6 Å². The maximum Gasteiger partial charge on any atom is 0.498 e. The van der Waals surface area contributed by atoms with Crippen LogP contribution in [0.15, 0.2) is 151 Å². The molecule has 1 aliphatic heterocycles. The van der Waals surface area contributed by atoms with Gasteiger partial charge in [0.05, 0.1) is 84.6 Å². The number of nitrogens with zero attached hydrogens (tertiary/aromatic N) is 14.